The first kappa shape index (κ1) is 18.6. The van der Waals surface area contributed by atoms with Gasteiger partial charge in [0, 0.05) is 25.6 Å². The lowest BCUT2D eigenvalue weighted by molar-refractivity contribution is -0.143. The van der Waals surface area contributed by atoms with Crippen molar-refractivity contribution in [1.29, 1.82) is 0 Å². The van der Waals surface area contributed by atoms with Crippen LogP contribution in [0.15, 0.2) is 4.79 Å². The fraction of sp³-hybridized carbons (Fsp3) is 0.611. The van der Waals surface area contributed by atoms with Crippen molar-refractivity contribution in [3.8, 4) is 0 Å². The number of carbonyl (C=O) groups excluding carboxylic acids is 2. The van der Waals surface area contributed by atoms with Crippen molar-refractivity contribution < 1.29 is 14.3 Å². The summed E-state index contributed by atoms with van der Waals surface area (Å²) < 4.78 is 6.68. The van der Waals surface area contributed by atoms with Crippen LogP contribution in [0.25, 0.3) is 5.78 Å². The van der Waals surface area contributed by atoms with Gasteiger partial charge in [-0.15, -0.1) is 0 Å². The van der Waals surface area contributed by atoms with Gasteiger partial charge in [0.2, 0.25) is 5.91 Å². The molecule has 10 heteroatoms. The van der Waals surface area contributed by atoms with E-state index < -0.39 is 0 Å². The Morgan fingerprint density at radius 3 is 2.61 bits per heavy atom. The monoisotopic (exact) mass is 388 g/mol. The van der Waals surface area contributed by atoms with E-state index in [2.05, 4.69) is 20.4 Å². The minimum Gasteiger partial charge on any atom is -0.368 e. The summed E-state index contributed by atoms with van der Waals surface area (Å²) in [6.07, 6.45) is 2.47. The minimum absolute atomic E-state index is 0.0229. The summed E-state index contributed by atoms with van der Waals surface area (Å²) in [4.78, 5) is 48.0. The number of nitrogens with one attached hydrogen (secondary N) is 2. The average Bonchev–Trinajstić information content (AvgIpc) is 3.34. The van der Waals surface area contributed by atoms with Crippen molar-refractivity contribution in [2.45, 2.75) is 45.6 Å². The molecule has 1 atom stereocenters. The molecule has 0 saturated carbocycles. The molecule has 150 valence electrons. The number of hydrogen-bond acceptors (Lipinski definition) is 6. The quantitative estimate of drug-likeness (QED) is 0.784. The second kappa shape index (κ2) is 7.34. The van der Waals surface area contributed by atoms with Crippen LogP contribution in [0.1, 0.15) is 37.2 Å². The molecule has 28 heavy (non-hydrogen) atoms. The number of aromatic nitrogens is 4. The minimum atomic E-state index is -0.387. The van der Waals surface area contributed by atoms with Crippen LogP contribution >= 0.6 is 0 Å². The molecule has 2 aliphatic heterocycles. The normalized spacial score (nSPS) is 20.6. The van der Waals surface area contributed by atoms with Crippen molar-refractivity contribution in [2.24, 2.45) is 5.92 Å². The maximum absolute atomic E-state index is 12.7. The summed E-state index contributed by atoms with van der Waals surface area (Å²) in [5.41, 5.74) is 0.197. The highest BCUT2D eigenvalue weighted by atomic mass is 16.5. The summed E-state index contributed by atoms with van der Waals surface area (Å²) in [6.45, 7) is 5.08. The lowest BCUT2D eigenvalue weighted by Crippen LogP contribution is -2.45. The predicted octanol–water partition coefficient (Wildman–Crippen LogP) is 0.391. The Balaban J connectivity index is 1.42. The number of fused-ring (bicyclic) bond motifs is 1. The Bertz CT molecular complexity index is 966. The highest BCUT2D eigenvalue weighted by Crippen LogP contribution is 2.22. The van der Waals surface area contributed by atoms with Gasteiger partial charge in [0.1, 0.15) is 17.6 Å². The van der Waals surface area contributed by atoms with Crippen LogP contribution in [0.3, 0.4) is 0 Å². The number of piperidine rings is 1. The number of carbonyl (C=O) groups is 2. The van der Waals surface area contributed by atoms with Crippen molar-refractivity contribution >= 4 is 23.3 Å². The fourth-order valence-corrected chi connectivity index (χ4v) is 3.83. The van der Waals surface area contributed by atoms with E-state index in [4.69, 9.17) is 4.74 Å². The van der Waals surface area contributed by atoms with Gasteiger partial charge < -0.3 is 15.0 Å². The predicted molar refractivity (Wildman–Crippen MR) is 100.0 cm³/mol. The van der Waals surface area contributed by atoms with Crippen LogP contribution in [0.2, 0.25) is 0 Å². The van der Waals surface area contributed by atoms with Crippen LogP contribution in [-0.4, -0.2) is 62.1 Å². The summed E-state index contributed by atoms with van der Waals surface area (Å²) in [6, 6.07) is 0. The summed E-state index contributed by atoms with van der Waals surface area (Å²) in [5, 5.41) is 5.55. The molecule has 2 aromatic rings. The molecule has 2 N–H and O–H groups in total. The number of nitrogens with zero attached hydrogens (tertiary/aromatic N) is 4. The highest BCUT2D eigenvalue weighted by Gasteiger charge is 2.33. The van der Waals surface area contributed by atoms with E-state index in [1.54, 1.807) is 18.7 Å². The second-order valence-corrected chi connectivity index (χ2v) is 7.41. The number of rotatable bonds is 3. The third kappa shape index (κ3) is 3.39. The molecule has 2 aliphatic rings. The van der Waals surface area contributed by atoms with Crippen LogP contribution in [-0.2, 0) is 14.3 Å². The first-order valence-corrected chi connectivity index (χ1v) is 9.61. The number of aromatic amines is 1. The number of anilines is 1. The number of hydrogen-bond donors (Lipinski definition) is 2. The van der Waals surface area contributed by atoms with Crippen molar-refractivity contribution in [3.63, 3.8) is 0 Å². The number of H-pyrrole nitrogens is 1. The highest BCUT2D eigenvalue weighted by molar-refractivity contribution is 5.93. The first-order valence-electron chi connectivity index (χ1n) is 9.61. The van der Waals surface area contributed by atoms with Crippen LogP contribution in [0.5, 0.6) is 0 Å². The Kier molecular flexibility index (Phi) is 4.88. The Labute approximate surface area is 161 Å². The van der Waals surface area contributed by atoms with E-state index in [1.807, 2.05) is 0 Å². The first-order chi connectivity index (χ1) is 13.4. The van der Waals surface area contributed by atoms with Crippen LogP contribution < -0.4 is 10.9 Å². The lowest BCUT2D eigenvalue weighted by Gasteiger charge is -2.32. The average molecular weight is 388 g/mol. The van der Waals surface area contributed by atoms with Crippen molar-refractivity contribution in [2.75, 3.05) is 25.0 Å². The summed E-state index contributed by atoms with van der Waals surface area (Å²) in [5.74, 6) is 0.392. The molecule has 0 spiro atoms. The fourth-order valence-electron chi connectivity index (χ4n) is 3.83. The number of aryl methyl sites for hydroxylation is 2. The number of amides is 2. The third-order valence-corrected chi connectivity index (χ3v) is 5.42. The molecule has 10 nitrogen and oxygen atoms in total. The van der Waals surface area contributed by atoms with E-state index in [0.717, 1.165) is 12.8 Å². The Morgan fingerprint density at radius 1 is 1.18 bits per heavy atom. The van der Waals surface area contributed by atoms with Crippen molar-refractivity contribution in [3.05, 3.63) is 21.9 Å². The zero-order chi connectivity index (χ0) is 19.8. The lowest BCUT2D eigenvalue weighted by atomic mass is 9.95. The Hall–Kier alpha value is -2.75. The van der Waals surface area contributed by atoms with E-state index in [9.17, 15) is 14.4 Å². The van der Waals surface area contributed by atoms with Crippen LogP contribution in [0, 0.1) is 19.8 Å². The molecule has 4 rings (SSSR count). The SMILES string of the molecule is Cc1nc2nc(C)c(NC(=O)C3CCN(C(=O)C4CCCO4)CC3)c(=O)n2[nH]1. The zero-order valence-corrected chi connectivity index (χ0v) is 16.0. The van der Waals surface area contributed by atoms with Crippen molar-refractivity contribution in [1.82, 2.24) is 24.5 Å². The smallest absolute Gasteiger partial charge is 0.298 e. The molecular formula is C18H24N6O4. The van der Waals surface area contributed by atoms with Gasteiger partial charge in [-0.3, -0.25) is 19.5 Å². The van der Waals surface area contributed by atoms with Gasteiger partial charge in [-0.1, -0.05) is 0 Å². The summed E-state index contributed by atoms with van der Waals surface area (Å²) >= 11 is 0. The van der Waals surface area contributed by atoms with E-state index in [0.29, 0.717) is 44.1 Å². The van der Waals surface area contributed by atoms with Gasteiger partial charge in [-0.25, -0.2) is 4.98 Å². The molecule has 2 fully saturated rings. The standard InChI is InChI=1S/C18H24N6O4/c1-10-14(17(27)24-18(19-10)20-11(2)22-24)21-15(25)12-5-7-23(8-6-12)16(26)13-4-3-9-28-13/h12-13H,3-9H2,1-2H3,(H,21,25)(H,19,20,22). The second-order valence-electron chi connectivity index (χ2n) is 7.41. The van der Waals surface area contributed by atoms with E-state index >= 15 is 0 Å². The van der Waals surface area contributed by atoms with Crippen LogP contribution in [0.4, 0.5) is 5.69 Å². The van der Waals surface area contributed by atoms with Gasteiger partial charge in [0.25, 0.3) is 17.2 Å². The van der Waals surface area contributed by atoms with Gasteiger partial charge in [-0.2, -0.15) is 9.50 Å². The third-order valence-electron chi connectivity index (χ3n) is 5.42. The molecule has 0 aliphatic carbocycles. The maximum atomic E-state index is 12.7. The zero-order valence-electron chi connectivity index (χ0n) is 16.0. The number of ether oxygens (including phenoxy) is 1. The molecular weight excluding hydrogens is 364 g/mol. The van der Waals surface area contributed by atoms with Gasteiger partial charge >= 0.3 is 0 Å². The molecule has 0 aromatic carbocycles. The van der Waals surface area contributed by atoms with E-state index in [1.165, 1.54) is 4.52 Å². The summed E-state index contributed by atoms with van der Waals surface area (Å²) in [7, 11) is 0. The maximum Gasteiger partial charge on any atom is 0.298 e. The molecule has 2 saturated heterocycles. The van der Waals surface area contributed by atoms with Gasteiger partial charge in [0.05, 0.1) is 5.69 Å². The molecule has 0 bridgehead atoms. The molecule has 1 unspecified atom stereocenters. The molecule has 0 radical (unpaired) electrons. The largest absolute Gasteiger partial charge is 0.368 e. The van der Waals surface area contributed by atoms with Gasteiger partial charge in [-0.05, 0) is 39.5 Å². The molecule has 2 aromatic heterocycles. The number of likely N-dealkylation sites (tertiary alicyclic amines) is 1. The molecule has 2 amide bonds. The van der Waals surface area contributed by atoms with Gasteiger partial charge in [0.15, 0.2) is 0 Å². The topological polar surface area (TPSA) is 122 Å². The van der Waals surface area contributed by atoms with E-state index in [-0.39, 0.29) is 40.9 Å². The Morgan fingerprint density at radius 2 is 1.93 bits per heavy atom. The molecule has 4 heterocycles.